The van der Waals surface area contributed by atoms with Gasteiger partial charge in [0.15, 0.2) is 0 Å². The number of terminal acetylenes is 1. The van der Waals surface area contributed by atoms with Gasteiger partial charge in [-0.25, -0.2) is 0 Å². The fraction of sp³-hybridized carbons (Fsp3) is 0.556. The van der Waals surface area contributed by atoms with Crippen molar-refractivity contribution in [3.8, 4) is 12.3 Å². The zero-order valence-corrected chi connectivity index (χ0v) is 15.6. The topological polar surface area (TPSA) is 0 Å². The predicted molar refractivity (Wildman–Crippen MR) is 94.7 cm³/mol. The molecule has 0 aromatic heterocycles. The number of benzene rings is 1. The number of rotatable bonds is 1. The normalized spacial score (nSPS) is 28.6. The maximum absolute atomic E-state index is 5.89. The van der Waals surface area contributed by atoms with Crippen molar-refractivity contribution in [2.45, 2.75) is 62.9 Å². The third-order valence-corrected chi connectivity index (χ3v) is 8.92. The van der Waals surface area contributed by atoms with Crippen molar-refractivity contribution in [2.75, 3.05) is 0 Å². The molecule has 1 aliphatic heterocycles. The smallest absolute Gasteiger partial charge is 0.0837 e. The van der Waals surface area contributed by atoms with Crippen LogP contribution in [0.1, 0.15) is 39.2 Å². The van der Waals surface area contributed by atoms with Gasteiger partial charge in [0, 0.05) is 4.90 Å². The zero-order chi connectivity index (χ0) is 15.3. The lowest BCUT2D eigenvalue weighted by atomic mass is 9.67. The van der Waals surface area contributed by atoms with Crippen LogP contribution < -0.4 is 5.19 Å². The molecule has 0 radical (unpaired) electrons. The second-order valence-corrected chi connectivity index (χ2v) is 14.3. The van der Waals surface area contributed by atoms with Crippen molar-refractivity contribution in [1.29, 1.82) is 0 Å². The average molecular weight is 303 g/mol. The third-order valence-electron chi connectivity index (χ3n) is 5.25. The fourth-order valence-corrected chi connectivity index (χ4v) is 5.57. The van der Waals surface area contributed by atoms with E-state index in [4.69, 9.17) is 6.42 Å². The Morgan fingerprint density at radius 3 is 2.30 bits per heavy atom. The van der Waals surface area contributed by atoms with Gasteiger partial charge < -0.3 is 0 Å². The van der Waals surface area contributed by atoms with Crippen LogP contribution in [0.25, 0.3) is 0 Å². The van der Waals surface area contributed by atoms with Gasteiger partial charge in [0.05, 0.1) is 12.8 Å². The van der Waals surface area contributed by atoms with E-state index in [1.807, 2.05) is 11.8 Å². The average Bonchev–Trinajstić information content (AvgIpc) is 2.35. The Kier molecular flexibility index (Phi) is 3.68. The summed E-state index contributed by atoms with van der Waals surface area (Å²) in [4.78, 5) is 1.40. The first-order valence-electron chi connectivity index (χ1n) is 7.34. The Balaban J connectivity index is 2.60. The molecule has 2 heteroatoms. The van der Waals surface area contributed by atoms with Gasteiger partial charge in [0.25, 0.3) is 0 Å². The third kappa shape index (κ3) is 2.25. The van der Waals surface area contributed by atoms with Crippen molar-refractivity contribution in [3.05, 3.63) is 23.8 Å². The van der Waals surface area contributed by atoms with Crippen molar-refractivity contribution >= 4 is 25.0 Å². The number of hydrogen-bond acceptors (Lipinski definition) is 1. The van der Waals surface area contributed by atoms with Gasteiger partial charge >= 0.3 is 0 Å². The molecule has 0 N–H and O–H groups in total. The first-order chi connectivity index (χ1) is 9.03. The quantitative estimate of drug-likeness (QED) is 0.527. The standard InChI is InChI=1S/C18H26SSi/c1-9-18(5)17(3,4)13(2)15-11-10-14(20(6,7)8)12-16(15)19-18/h1,10-13H,2-8H3. The lowest BCUT2D eigenvalue weighted by Gasteiger charge is -2.49. The molecule has 1 aromatic carbocycles. The Morgan fingerprint density at radius 1 is 1.20 bits per heavy atom. The summed E-state index contributed by atoms with van der Waals surface area (Å²) in [6, 6.07) is 7.10. The highest BCUT2D eigenvalue weighted by atomic mass is 32.2. The van der Waals surface area contributed by atoms with Crippen LogP contribution in [-0.4, -0.2) is 12.8 Å². The van der Waals surface area contributed by atoms with E-state index in [0.29, 0.717) is 5.92 Å². The monoisotopic (exact) mass is 302 g/mol. The number of hydrogen-bond donors (Lipinski definition) is 0. The van der Waals surface area contributed by atoms with E-state index in [0.717, 1.165) is 0 Å². The van der Waals surface area contributed by atoms with Crippen molar-refractivity contribution in [2.24, 2.45) is 5.41 Å². The lowest BCUT2D eigenvalue weighted by Crippen LogP contribution is -2.45. The highest BCUT2D eigenvalue weighted by molar-refractivity contribution is 8.01. The lowest BCUT2D eigenvalue weighted by molar-refractivity contribution is 0.251. The molecule has 1 heterocycles. The molecule has 0 fully saturated rings. The predicted octanol–water partition coefficient (Wildman–Crippen LogP) is 4.86. The van der Waals surface area contributed by atoms with Crippen LogP contribution >= 0.6 is 11.8 Å². The van der Waals surface area contributed by atoms with Crippen molar-refractivity contribution in [3.63, 3.8) is 0 Å². The molecule has 2 rings (SSSR count). The summed E-state index contributed by atoms with van der Waals surface area (Å²) in [6.07, 6.45) is 5.89. The molecule has 1 aromatic rings. The van der Waals surface area contributed by atoms with E-state index < -0.39 is 8.07 Å². The minimum absolute atomic E-state index is 0.0973. The maximum atomic E-state index is 5.89. The molecule has 108 valence electrons. The Morgan fingerprint density at radius 2 is 1.80 bits per heavy atom. The van der Waals surface area contributed by atoms with Gasteiger partial charge in [-0.3, -0.25) is 0 Å². The SMILES string of the molecule is C#CC1(C)Sc2cc([Si](C)(C)C)ccc2C(C)C1(C)C. The second-order valence-electron chi connectivity index (χ2n) is 7.73. The van der Waals surface area contributed by atoms with Crippen LogP contribution in [0.5, 0.6) is 0 Å². The molecule has 0 bridgehead atoms. The zero-order valence-electron chi connectivity index (χ0n) is 13.8. The van der Waals surface area contributed by atoms with Gasteiger partial charge in [0.1, 0.15) is 0 Å². The largest absolute Gasteiger partial charge is 0.119 e. The highest BCUT2D eigenvalue weighted by Gasteiger charge is 2.49. The van der Waals surface area contributed by atoms with Gasteiger partial charge in [-0.05, 0) is 29.9 Å². The van der Waals surface area contributed by atoms with Crippen LogP contribution in [0.4, 0.5) is 0 Å². The van der Waals surface area contributed by atoms with Gasteiger partial charge in [-0.15, -0.1) is 18.2 Å². The van der Waals surface area contributed by atoms with Gasteiger partial charge in [-0.2, -0.15) is 0 Å². The summed E-state index contributed by atoms with van der Waals surface area (Å²) in [6.45, 7) is 16.3. The van der Waals surface area contributed by atoms with E-state index in [1.54, 1.807) is 0 Å². The Bertz CT molecular complexity index is 574. The van der Waals surface area contributed by atoms with Crippen LogP contribution in [0.15, 0.2) is 23.1 Å². The fourth-order valence-electron chi connectivity index (χ4n) is 2.82. The van der Waals surface area contributed by atoms with Crippen LogP contribution in [0.2, 0.25) is 19.6 Å². The van der Waals surface area contributed by atoms with E-state index in [2.05, 4.69) is 71.5 Å². The summed E-state index contributed by atoms with van der Waals surface area (Å²) in [5.74, 6) is 3.56. The minimum atomic E-state index is -1.27. The number of thioether (sulfide) groups is 1. The van der Waals surface area contributed by atoms with Crippen LogP contribution in [0.3, 0.4) is 0 Å². The molecular formula is C18H26SSi. The van der Waals surface area contributed by atoms with E-state index in [1.165, 1.54) is 15.6 Å². The molecule has 0 aliphatic carbocycles. The highest BCUT2D eigenvalue weighted by Crippen LogP contribution is 2.58. The summed E-state index contributed by atoms with van der Waals surface area (Å²) in [5, 5.41) is 1.52. The van der Waals surface area contributed by atoms with Crippen molar-refractivity contribution < 1.29 is 0 Å². The Labute approximate surface area is 129 Å². The second kappa shape index (κ2) is 4.68. The Hall–Kier alpha value is -0.653. The van der Waals surface area contributed by atoms with Crippen molar-refractivity contribution in [1.82, 2.24) is 0 Å². The molecule has 0 nitrogen and oxygen atoms in total. The van der Waals surface area contributed by atoms with Crippen LogP contribution in [0, 0.1) is 17.8 Å². The van der Waals surface area contributed by atoms with Gasteiger partial charge in [-0.1, -0.05) is 63.7 Å². The summed E-state index contributed by atoms with van der Waals surface area (Å²) in [5.41, 5.74) is 1.56. The summed E-state index contributed by atoms with van der Waals surface area (Å²) < 4.78 is -0.141. The van der Waals surface area contributed by atoms with E-state index in [9.17, 15) is 0 Å². The van der Waals surface area contributed by atoms with Crippen LogP contribution in [-0.2, 0) is 0 Å². The minimum Gasteiger partial charge on any atom is -0.119 e. The summed E-state index contributed by atoms with van der Waals surface area (Å²) in [7, 11) is -1.27. The molecule has 2 atom stereocenters. The molecule has 0 saturated carbocycles. The maximum Gasteiger partial charge on any atom is 0.0837 e. The van der Waals surface area contributed by atoms with Gasteiger partial charge in [0.2, 0.25) is 0 Å². The van der Waals surface area contributed by atoms with E-state index in [-0.39, 0.29) is 10.2 Å². The summed E-state index contributed by atoms with van der Waals surface area (Å²) >= 11 is 1.89. The molecule has 0 saturated heterocycles. The molecule has 1 aliphatic rings. The molecule has 0 amide bonds. The van der Waals surface area contributed by atoms with E-state index >= 15 is 0 Å². The first kappa shape index (κ1) is 15.7. The first-order valence-corrected chi connectivity index (χ1v) is 11.7. The molecular weight excluding hydrogens is 276 g/mol. The number of fused-ring (bicyclic) bond motifs is 1. The molecule has 0 spiro atoms. The molecule has 2 unspecified atom stereocenters. The molecule has 20 heavy (non-hydrogen) atoms.